The number of thioether (sulfide) groups is 1. The fraction of sp³-hybridized carbons (Fsp3) is 0.375. The predicted molar refractivity (Wildman–Crippen MR) is 62.8 cm³/mol. The molecule has 0 unspecified atom stereocenters. The van der Waals surface area contributed by atoms with Gasteiger partial charge in [0, 0.05) is 18.4 Å². The number of aromatic nitrogens is 4. The zero-order chi connectivity index (χ0) is 13.2. The maximum Gasteiger partial charge on any atom is 0.441 e. The smallest absolute Gasteiger partial charge is 0.369 e. The Hall–Kier alpha value is -1.22. The Morgan fingerprint density at radius 3 is 2.94 bits per heavy atom. The molecule has 0 amide bonds. The molecule has 0 aliphatic heterocycles. The van der Waals surface area contributed by atoms with Crippen molar-refractivity contribution in [3.63, 3.8) is 0 Å². The van der Waals surface area contributed by atoms with E-state index in [1.165, 1.54) is 16.9 Å². The normalized spacial score (nSPS) is 12.0. The van der Waals surface area contributed by atoms with Crippen LogP contribution in [0.1, 0.15) is 0 Å². The van der Waals surface area contributed by atoms with Gasteiger partial charge in [-0.15, -0.1) is 0 Å². The molecule has 18 heavy (non-hydrogen) atoms. The Balaban J connectivity index is 2.01. The molecule has 2 aromatic heterocycles. The summed E-state index contributed by atoms with van der Waals surface area (Å²) >= 11 is 5.66. The van der Waals surface area contributed by atoms with Crippen molar-refractivity contribution in [3.8, 4) is 0 Å². The summed E-state index contributed by atoms with van der Waals surface area (Å²) in [6.45, 7) is 0.124. The molecule has 0 aliphatic carbocycles. The lowest BCUT2D eigenvalue weighted by atomic mass is 10.5. The van der Waals surface area contributed by atoms with Gasteiger partial charge in [-0.1, -0.05) is 11.6 Å². The molecule has 0 aromatic carbocycles. The second-order valence-electron chi connectivity index (χ2n) is 3.16. The predicted octanol–water partition coefficient (Wildman–Crippen LogP) is 2.44. The van der Waals surface area contributed by atoms with E-state index in [1.807, 2.05) is 0 Å². The van der Waals surface area contributed by atoms with Crippen molar-refractivity contribution in [3.05, 3.63) is 17.5 Å². The van der Waals surface area contributed by atoms with E-state index >= 15 is 0 Å². The van der Waals surface area contributed by atoms with Gasteiger partial charge < -0.3 is 5.32 Å². The first-order valence-corrected chi connectivity index (χ1v) is 6.13. The van der Waals surface area contributed by atoms with E-state index in [1.54, 1.807) is 0 Å². The molecular formula is C8H7ClF3N5S. The largest absolute Gasteiger partial charge is 0.441 e. The number of anilines is 1. The highest BCUT2D eigenvalue weighted by atomic mass is 35.5. The highest BCUT2D eigenvalue weighted by Gasteiger charge is 2.27. The van der Waals surface area contributed by atoms with E-state index < -0.39 is 5.51 Å². The average Bonchev–Trinajstić information content (AvgIpc) is 2.70. The van der Waals surface area contributed by atoms with Crippen LogP contribution < -0.4 is 5.32 Å². The zero-order valence-corrected chi connectivity index (χ0v) is 10.4. The first kappa shape index (κ1) is 13.2. The van der Waals surface area contributed by atoms with E-state index in [0.717, 1.165) is 0 Å². The second-order valence-corrected chi connectivity index (χ2v) is 4.70. The van der Waals surface area contributed by atoms with Crippen LogP contribution in [0.15, 0.2) is 12.4 Å². The molecule has 2 heterocycles. The van der Waals surface area contributed by atoms with Gasteiger partial charge in [0.05, 0.1) is 0 Å². The highest BCUT2D eigenvalue weighted by molar-refractivity contribution is 8.00. The minimum absolute atomic E-state index is 0.0919. The standard InChI is InChI=1S/C8H7ClF3N5S/c9-5-3-6(13-1-2-18-8(10,11)12)17-7(16-5)14-4-15-17/h3-4,13H,1-2H2. The maximum atomic E-state index is 11.9. The van der Waals surface area contributed by atoms with Crippen LogP contribution in [0.3, 0.4) is 0 Å². The van der Waals surface area contributed by atoms with Crippen molar-refractivity contribution < 1.29 is 13.2 Å². The molecule has 0 saturated heterocycles. The third kappa shape index (κ3) is 3.39. The molecule has 98 valence electrons. The summed E-state index contributed by atoms with van der Waals surface area (Å²) in [5.41, 5.74) is -4.22. The third-order valence-corrected chi connectivity index (χ3v) is 2.82. The molecule has 10 heteroatoms. The lowest BCUT2D eigenvalue weighted by molar-refractivity contribution is -0.0327. The Morgan fingerprint density at radius 2 is 2.22 bits per heavy atom. The molecule has 5 nitrogen and oxygen atoms in total. The van der Waals surface area contributed by atoms with Gasteiger partial charge in [0.2, 0.25) is 0 Å². The second kappa shape index (κ2) is 5.19. The van der Waals surface area contributed by atoms with E-state index in [2.05, 4.69) is 20.4 Å². The SMILES string of the molecule is FC(F)(F)SCCNc1cc(Cl)nc2ncnn12. The van der Waals surface area contributed by atoms with Crippen LogP contribution in [0.5, 0.6) is 0 Å². The van der Waals surface area contributed by atoms with E-state index in [-0.39, 0.29) is 35.0 Å². The third-order valence-electron chi connectivity index (χ3n) is 1.89. The lowest BCUT2D eigenvalue weighted by Crippen LogP contribution is -2.12. The number of halogens is 4. The van der Waals surface area contributed by atoms with Gasteiger partial charge in [-0.05, 0) is 11.8 Å². The Kier molecular flexibility index (Phi) is 3.81. The van der Waals surface area contributed by atoms with Crippen molar-refractivity contribution in [1.29, 1.82) is 0 Å². The minimum atomic E-state index is -4.22. The molecule has 2 aromatic rings. The van der Waals surface area contributed by atoms with E-state index in [9.17, 15) is 13.2 Å². The maximum absolute atomic E-state index is 11.9. The fourth-order valence-corrected chi connectivity index (χ4v) is 1.87. The molecule has 1 N–H and O–H groups in total. The zero-order valence-electron chi connectivity index (χ0n) is 8.78. The van der Waals surface area contributed by atoms with Crippen molar-refractivity contribution in [1.82, 2.24) is 19.6 Å². The molecule has 0 radical (unpaired) electrons. The van der Waals surface area contributed by atoms with Crippen LogP contribution in [-0.2, 0) is 0 Å². The van der Waals surface area contributed by atoms with Gasteiger partial charge in [0.25, 0.3) is 5.78 Å². The van der Waals surface area contributed by atoms with Gasteiger partial charge >= 0.3 is 5.51 Å². The molecule has 0 saturated carbocycles. The molecule has 0 fully saturated rings. The summed E-state index contributed by atoms with van der Waals surface area (Å²) in [6.07, 6.45) is 1.29. The summed E-state index contributed by atoms with van der Waals surface area (Å²) in [5.74, 6) is 0.623. The van der Waals surface area contributed by atoms with Crippen LogP contribution in [0.2, 0.25) is 5.15 Å². The molecular weight excluding hydrogens is 291 g/mol. The Bertz CT molecular complexity index is 543. The molecule has 2 rings (SSSR count). The van der Waals surface area contributed by atoms with Crippen molar-refractivity contribution >= 4 is 35.0 Å². The monoisotopic (exact) mass is 297 g/mol. The van der Waals surface area contributed by atoms with Gasteiger partial charge in [-0.3, -0.25) is 0 Å². The van der Waals surface area contributed by atoms with Crippen molar-refractivity contribution in [2.45, 2.75) is 5.51 Å². The van der Waals surface area contributed by atoms with Gasteiger partial charge in [0.1, 0.15) is 17.3 Å². The minimum Gasteiger partial charge on any atom is -0.369 e. The fourth-order valence-electron chi connectivity index (χ4n) is 1.26. The van der Waals surface area contributed by atoms with Crippen LogP contribution in [0, 0.1) is 0 Å². The summed E-state index contributed by atoms with van der Waals surface area (Å²) in [7, 11) is 0. The van der Waals surface area contributed by atoms with Crippen molar-refractivity contribution in [2.24, 2.45) is 0 Å². The number of nitrogens with one attached hydrogen (secondary N) is 1. The summed E-state index contributed by atoms with van der Waals surface area (Å²) in [6, 6.07) is 1.47. The molecule has 0 bridgehead atoms. The first-order valence-electron chi connectivity index (χ1n) is 4.76. The van der Waals surface area contributed by atoms with E-state index in [0.29, 0.717) is 5.82 Å². The number of alkyl halides is 3. The van der Waals surface area contributed by atoms with Gasteiger partial charge in [-0.2, -0.15) is 32.8 Å². The Morgan fingerprint density at radius 1 is 1.44 bits per heavy atom. The van der Waals surface area contributed by atoms with Gasteiger partial charge in [0.15, 0.2) is 0 Å². The number of nitrogens with zero attached hydrogens (tertiary/aromatic N) is 4. The molecule has 0 aliphatic rings. The summed E-state index contributed by atoms with van der Waals surface area (Å²) in [5, 5.41) is 6.88. The number of rotatable bonds is 4. The number of hydrogen-bond acceptors (Lipinski definition) is 5. The van der Waals surface area contributed by atoms with Crippen LogP contribution in [-0.4, -0.2) is 37.4 Å². The summed E-state index contributed by atoms with van der Waals surface area (Å²) in [4.78, 5) is 7.73. The van der Waals surface area contributed by atoms with Crippen LogP contribution in [0.25, 0.3) is 5.78 Å². The topological polar surface area (TPSA) is 55.1 Å². The number of fused-ring (bicyclic) bond motifs is 1. The van der Waals surface area contributed by atoms with Crippen LogP contribution in [0.4, 0.5) is 19.0 Å². The summed E-state index contributed by atoms with van der Waals surface area (Å²) < 4.78 is 37.1. The number of hydrogen-bond donors (Lipinski definition) is 1. The Labute approximate surface area is 109 Å². The molecule has 0 atom stereocenters. The highest BCUT2D eigenvalue weighted by Crippen LogP contribution is 2.29. The van der Waals surface area contributed by atoms with Crippen LogP contribution >= 0.6 is 23.4 Å². The van der Waals surface area contributed by atoms with Gasteiger partial charge in [-0.25, -0.2) is 0 Å². The van der Waals surface area contributed by atoms with E-state index in [4.69, 9.17) is 11.6 Å². The first-order chi connectivity index (χ1) is 8.46. The van der Waals surface area contributed by atoms with Crippen molar-refractivity contribution in [2.75, 3.05) is 17.6 Å². The lowest BCUT2D eigenvalue weighted by Gasteiger charge is -2.09. The quantitative estimate of drug-likeness (QED) is 0.694. The average molecular weight is 298 g/mol. The molecule has 0 spiro atoms.